The van der Waals surface area contributed by atoms with Gasteiger partial charge < -0.3 is 0 Å². The molecule has 0 aromatic heterocycles. The number of hydrogen-bond donors (Lipinski definition) is 0. The van der Waals surface area contributed by atoms with Gasteiger partial charge in [-0.1, -0.05) is 25.7 Å². The van der Waals surface area contributed by atoms with Gasteiger partial charge >= 0.3 is 0 Å². The first kappa shape index (κ1) is 46.6. The van der Waals surface area contributed by atoms with Crippen molar-refractivity contribution in [3.05, 3.63) is 116 Å². The van der Waals surface area contributed by atoms with E-state index in [1.165, 1.54) is 62.5 Å². The molecule has 0 radical (unpaired) electrons. The van der Waals surface area contributed by atoms with Crippen LogP contribution in [0.2, 0.25) is 0 Å². The summed E-state index contributed by atoms with van der Waals surface area (Å²) in [5, 5.41) is 0.424. The van der Waals surface area contributed by atoms with Gasteiger partial charge in [0.05, 0.1) is 0 Å². The number of halogens is 20. The summed E-state index contributed by atoms with van der Waals surface area (Å²) in [6, 6.07) is 0. The predicted octanol–water partition coefficient (Wildman–Crippen LogP) is 8.74. The molecule has 6 rings (SSSR count). The largest absolute Gasteiger partial charge is 0.294 e. The molecule has 1 atom stereocenters. The van der Waals surface area contributed by atoms with Crippen molar-refractivity contribution in [1.29, 1.82) is 0 Å². The van der Waals surface area contributed by atoms with Crippen LogP contribution in [-0.2, 0) is 16.6 Å². The molecule has 0 saturated heterocycles. The van der Waals surface area contributed by atoms with Crippen molar-refractivity contribution in [3.63, 3.8) is 0 Å². The minimum Gasteiger partial charge on any atom is -0.294 e. The van der Waals surface area contributed by atoms with Gasteiger partial charge in [0.1, 0.15) is 58.4 Å². The molecule has 2 fully saturated rings. The van der Waals surface area contributed by atoms with Crippen LogP contribution in [0.25, 0.3) is 0 Å². The van der Waals surface area contributed by atoms with Gasteiger partial charge in [-0.05, 0) is 31.0 Å². The standard InChI is InChI=1S/C24BF20.C13H22OS/c26-5-1(6(27)14(35)21(42)13(5)34)25(2-7(28)15(36)22(43)16(37)8(2)29,3-9(30)17(38)23(44)18(39)10(3)31)4-11(32)19(40)24(45)20(41)12(4)33;14-12-8-5-9-13(12)15-10-11-6-3-1-2-4-7-11/h;11,13H,1-10H2/q-1;/p+1. The number of benzene rings is 4. The Hall–Kier alpha value is -4.44. The minimum absolute atomic E-state index is 0.424. The first-order chi connectivity index (χ1) is 28.1. The Labute approximate surface area is 329 Å². The van der Waals surface area contributed by atoms with Gasteiger partial charge in [-0.25, -0.2) is 87.8 Å². The molecule has 0 aliphatic heterocycles. The predicted molar refractivity (Wildman–Crippen MR) is 177 cm³/mol. The molecule has 0 spiro atoms. The maximum atomic E-state index is 15.4. The number of rotatable bonds is 7. The fraction of sp³-hybridized carbons (Fsp3) is 0.324. The number of thiol groups is 1. The zero-order chi connectivity index (χ0) is 44.9. The highest BCUT2D eigenvalue weighted by molar-refractivity contribution is 7.80. The lowest BCUT2D eigenvalue weighted by atomic mass is 9.12. The molecular formula is C37H23BF20OS. The van der Waals surface area contributed by atoms with Gasteiger partial charge in [0, 0.05) is 18.8 Å². The fourth-order valence-electron chi connectivity index (χ4n) is 7.69. The fourth-order valence-corrected chi connectivity index (χ4v) is 9.30. The summed E-state index contributed by atoms with van der Waals surface area (Å²) in [4.78, 5) is 11.5. The van der Waals surface area contributed by atoms with Crippen LogP contribution < -0.4 is 21.9 Å². The monoisotopic (exact) mass is 906 g/mol. The summed E-state index contributed by atoms with van der Waals surface area (Å²) in [5.74, 6) is -68.6. The average Bonchev–Trinajstić information content (AvgIpc) is 3.46. The molecule has 326 valence electrons. The van der Waals surface area contributed by atoms with Crippen molar-refractivity contribution < 1.29 is 92.6 Å². The molecule has 23 heteroatoms. The Morgan fingerprint density at radius 2 is 0.600 bits per heavy atom. The van der Waals surface area contributed by atoms with E-state index < -0.39 is 144 Å². The normalized spacial score (nSPS) is 16.3. The van der Waals surface area contributed by atoms with Crippen molar-refractivity contribution in [1.82, 2.24) is 0 Å². The van der Waals surface area contributed by atoms with Gasteiger partial charge in [0.25, 0.3) is 0 Å². The number of hydrogen-bond acceptors (Lipinski definition) is 1. The van der Waals surface area contributed by atoms with Crippen LogP contribution in [0.5, 0.6) is 0 Å². The number of carbonyl (C=O) groups excluding carboxylic acids is 1. The Bertz CT molecular complexity index is 1980. The molecule has 1 nitrogen and oxygen atoms in total. The molecule has 4 aromatic carbocycles. The lowest BCUT2D eigenvalue weighted by Gasteiger charge is -2.44. The maximum Gasteiger partial charge on any atom is 0.200 e. The van der Waals surface area contributed by atoms with Crippen LogP contribution in [0.4, 0.5) is 87.8 Å². The van der Waals surface area contributed by atoms with Crippen LogP contribution in [-0.4, -0.2) is 22.9 Å². The summed E-state index contributed by atoms with van der Waals surface area (Å²) >= 11 is 1.45. The lowest BCUT2D eigenvalue weighted by molar-refractivity contribution is -0.116. The van der Waals surface area contributed by atoms with E-state index in [2.05, 4.69) is 0 Å². The van der Waals surface area contributed by atoms with Crippen molar-refractivity contribution >= 4 is 45.5 Å². The molecular weight excluding hydrogens is 883 g/mol. The molecule has 2 saturated carbocycles. The van der Waals surface area contributed by atoms with Gasteiger partial charge in [0.15, 0.2) is 80.8 Å². The zero-order valence-electron chi connectivity index (χ0n) is 29.7. The topological polar surface area (TPSA) is 17.1 Å². The van der Waals surface area contributed by atoms with Crippen LogP contribution in [0.3, 0.4) is 0 Å². The summed E-state index contributed by atoms with van der Waals surface area (Å²) in [5.41, 5.74) is -14.3. The molecule has 2 aliphatic rings. The quantitative estimate of drug-likeness (QED) is 0.0345. The summed E-state index contributed by atoms with van der Waals surface area (Å²) in [7, 11) is 0. The van der Waals surface area contributed by atoms with E-state index in [1.807, 2.05) is 0 Å². The molecule has 1 unspecified atom stereocenters. The van der Waals surface area contributed by atoms with E-state index in [0.717, 1.165) is 18.8 Å². The van der Waals surface area contributed by atoms with Crippen LogP contribution in [0.15, 0.2) is 0 Å². The second-order valence-electron chi connectivity index (χ2n) is 13.9. The van der Waals surface area contributed by atoms with E-state index in [0.29, 0.717) is 11.0 Å². The van der Waals surface area contributed by atoms with E-state index in [4.69, 9.17) is 0 Å². The summed E-state index contributed by atoms with van der Waals surface area (Å²) in [6.45, 7) is 0. The third-order valence-electron chi connectivity index (χ3n) is 10.5. The first-order valence-electron chi connectivity index (χ1n) is 17.5. The highest BCUT2D eigenvalue weighted by Crippen LogP contribution is 2.31. The number of ketones is 1. The van der Waals surface area contributed by atoms with Gasteiger partial charge in [-0.2, -0.15) is 0 Å². The Kier molecular flexibility index (Phi) is 13.9. The Morgan fingerprint density at radius 1 is 0.350 bits per heavy atom. The van der Waals surface area contributed by atoms with Crippen LogP contribution in [0.1, 0.15) is 57.8 Å². The Balaban J connectivity index is 0.000000379. The second kappa shape index (κ2) is 17.9. The van der Waals surface area contributed by atoms with Crippen molar-refractivity contribution in [2.75, 3.05) is 5.75 Å². The van der Waals surface area contributed by atoms with E-state index in [-0.39, 0.29) is 0 Å². The third-order valence-corrected chi connectivity index (χ3v) is 12.3. The highest BCUT2D eigenvalue weighted by atomic mass is 32.2. The Morgan fingerprint density at radius 3 is 0.833 bits per heavy atom. The van der Waals surface area contributed by atoms with Crippen LogP contribution in [0, 0.1) is 122 Å². The van der Waals surface area contributed by atoms with Gasteiger partial charge in [-0.15, -0.1) is 21.9 Å². The molecule has 0 heterocycles. The van der Waals surface area contributed by atoms with E-state index >= 15 is 35.1 Å². The number of Topliss-reactive ketones (excluding diaryl/α,β-unsaturated/α-hetero) is 1. The van der Waals surface area contributed by atoms with Crippen molar-refractivity contribution in [2.24, 2.45) is 5.92 Å². The molecule has 0 N–H and O–H groups in total. The average molecular weight is 906 g/mol. The SMILES string of the molecule is Fc1c(F)c(F)c([B-](c2c(F)c(F)c(F)c(F)c2F)(c2c(F)c(F)c(F)c(F)c2F)c2c(F)c(F)c(F)c(F)c2F)c(F)c1F.O=C1CCCC1[SH+]CC1CCCCCC1. The molecule has 60 heavy (non-hydrogen) atoms. The molecule has 0 bridgehead atoms. The minimum atomic E-state index is -7.22. The van der Waals surface area contributed by atoms with E-state index in [9.17, 15) is 57.5 Å². The maximum absolute atomic E-state index is 15.4. The van der Waals surface area contributed by atoms with Crippen LogP contribution >= 0.6 is 0 Å². The molecule has 0 amide bonds. The van der Waals surface area contributed by atoms with E-state index in [1.54, 1.807) is 0 Å². The smallest absolute Gasteiger partial charge is 0.200 e. The highest BCUT2D eigenvalue weighted by Gasteiger charge is 2.52. The summed E-state index contributed by atoms with van der Waals surface area (Å²) in [6.07, 6.45) is 4.56. The van der Waals surface area contributed by atoms with Gasteiger partial charge in [-0.3, -0.25) is 4.79 Å². The second-order valence-corrected chi connectivity index (χ2v) is 15.3. The molecule has 2 aliphatic carbocycles. The third kappa shape index (κ3) is 7.60. The molecule has 4 aromatic rings. The zero-order valence-corrected chi connectivity index (χ0v) is 30.6. The lowest BCUT2D eigenvalue weighted by Crippen LogP contribution is -2.81. The first-order valence-corrected chi connectivity index (χ1v) is 18.6. The van der Waals surface area contributed by atoms with Crippen molar-refractivity contribution in [2.45, 2.75) is 63.0 Å². The van der Waals surface area contributed by atoms with Crippen molar-refractivity contribution in [3.8, 4) is 0 Å². The number of carbonyl (C=O) groups is 1. The summed E-state index contributed by atoms with van der Waals surface area (Å²) < 4.78 is 294. The van der Waals surface area contributed by atoms with Gasteiger partial charge in [0.2, 0.25) is 0 Å².